The summed E-state index contributed by atoms with van der Waals surface area (Å²) in [6, 6.07) is 41.9. The molecule has 1 unspecified atom stereocenters. The fraction of sp³-hybridized carbons (Fsp3) is 0.237. The third kappa shape index (κ3) is 13.7. The first-order valence-electron chi connectivity index (χ1n) is 34.1. The second kappa shape index (κ2) is 28.7. The number of nitrogens with zero attached hydrogens (tertiary/aromatic N) is 14. The van der Waals surface area contributed by atoms with Gasteiger partial charge in [-0.25, -0.2) is 24.9 Å². The van der Waals surface area contributed by atoms with E-state index in [1.54, 1.807) is 30.7 Å². The third-order valence-electron chi connectivity index (χ3n) is 19.0. The minimum atomic E-state index is -1.08. The molecule has 4 aliphatic rings. The Labute approximate surface area is 604 Å². The van der Waals surface area contributed by atoms with Crippen LogP contribution in [0.1, 0.15) is 36.0 Å². The standard InChI is InChI=1S/C76H69N19O7S2/c1-90-22-26-92(27-23-90)53-11-9-47-31-45(5-7-49(47)35-53)33-51(42-77)71(96)82-15-3-20-94-59-14-17-81-69(79)67(59)87-75(94)103-65-41-64-63(37-55(65)57-13-18-85-89-57)101-74(102-64)58-39-60-68(70(80)86-58)88-76(104-66-40-62-61(99-44-100-62)38-56(66)73-84-19-30-98-73)95(60)21-4-16-83-72(97)52(43-78)34-46-6-8-50-36-54(12-10-48(50)32-46)93-28-24-91(2)25-29-93/h5-14,17-19,30-41,74H,3-4,15-16,20-29,44H2,1-2H3,(H2,79,81)(H2,80,86)(H,82,96)(H,83,97)(H,85,89)/b51-33+,52-34+. The molecule has 0 bridgehead atoms. The van der Waals surface area contributed by atoms with Crippen molar-refractivity contribution in [3.63, 3.8) is 0 Å². The van der Waals surface area contributed by atoms with Gasteiger partial charge in [0.05, 0.1) is 28.5 Å². The number of oxazole rings is 1. The first-order chi connectivity index (χ1) is 50.8. The molecule has 2 fully saturated rings. The van der Waals surface area contributed by atoms with Gasteiger partial charge >= 0.3 is 0 Å². The van der Waals surface area contributed by atoms with Crippen LogP contribution in [0.25, 0.3) is 78.5 Å². The molecule has 104 heavy (non-hydrogen) atoms. The number of ether oxygens (including phenoxy) is 4. The van der Waals surface area contributed by atoms with E-state index in [9.17, 15) is 20.1 Å². The number of aromatic amines is 1. The third-order valence-corrected chi connectivity index (χ3v) is 21.1. The van der Waals surface area contributed by atoms with E-state index in [0.29, 0.717) is 114 Å². The number of anilines is 4. The highest BCUT2D eigenvalue weighted by atomic mass is 32.2. The van der Waals surface area contributed by atoms with E-state index in [2.05, 4.69) is 113 Å². The molecule has 7 N–H and O–H groups in total. The molecule has 6 aromatic carbocycles. The van der Waals surface area contributed by atoms with Crippen molar-refractivity contribution in [3.05, 3.63) is 168 Å². The number of imidazole rings is 2. The summed E-state index contributed by atoms with van der Waals surface area (Å²) in [6.45, 7) is 9.12. The van der Waals surface area contributed by atoms with Crippen LogP contribution in [-0.4, -0.2) is 152 Å². The van der Waals surface area contributed by atoms with Crippen molar-refractivity contribution in [2.24, 2.45) is 0 Å². The van der Waals surface area contributed by atoms with E-state index >= 15 is 0 Å². The van der Waals surface area contributed by atoms with Gasteiger partial charge in [0.25, 0.3) is 18.1 Å². The van der Waals surface area contributed by atoms with Crippen molar-refractivity contribution >= 4 is 114 Å². The number of rotatable bonds is 21. The molecule has 2 saturated heterocycles. The highest BCUT2D eigenvalue weighted by molar-refractivity contribution is 7.99. The van der Waals surface area contributed by atoms with Crippen LogP contribution in [0.4, 0.5) is 23.0 Å². The number of hydrogen-bond donors (Lipinski definition) is 5. The van der Waals surface area contributed by atoms with Crippen LogP contribution in [0.2, 0.25) is 0 Å². The molecule has 0 aliphatic carbocycles. The average Bonchev–Trinajstić information content (AvgIpc) is 1.60. The number of hydrogen-bond acceptors (Lipinski definition) is 23. The molecule has 0 radical (unpaired) electrons. The van der Waals surface area contributed by atoms with Gasteiger partial charge in [0.1, 0.15) is 46.3 Å². The average molecular weight is 1420 g/mol. The number of pyridine rings is 2. The van der Waals surface area contributed by atoms with Crippen LogP contribution < -0.4 is 50.8 Å². The van der Waals surface area contributed by atoms with Gasteiger partial charge in [0.15, 0.2) is 44.9 Å². The van der Waals surface area contributed by atoms with Crippen molar-refractivity contribution < 1.29 is 33.0 Å². The van der Waals surface area contributed by atoms with Crippen molar-refractivity contribution in [1.82, 2.24) is 64.7 Å². The summed E-state index contributed by atoms with van der Waals surface area (Å²) in [7, 11) is 4.28. The summed E-state index contributed by atoms with van der Waals surface area (Å²) in [4.78, 5) is 62.2. The normalized spacial score (nSPS) is 15.5. The predicted molar refractivity (Wildman–Crippen MR) is 398 cm³/mol. The number of piperazine rings is 2. The van der Waals surface area contributed by atoms with Crippen LogP contribution in [0.3, 0.4) is 0 Å². The van der Waals surface area contributed by atoms with Gasteiger partial charge in [-0.3, -0.25) is 14.7 Å². The lowest BCUT2D eigenvalue weighted by atomic mass is 10.0. The Morgan fingerprint density at radius 1 is 0.596 bits per heavy atom. The van der Waals surface area contributed by atoms with Gasteiger partial charge < -0.3 is 74.2 Å². The quantitative estimate of drug-likeness (QED) is 0.0253. The number of nitrogens with one attached hydrogen (secondary N) is 3. The minimum Gasteiger partial charge on any atom is -0.454 e. The lowest BCUT2D eigenvalue weighted by Crippen LogP contribution is -2.44. The van der Waals surface area contributed by atoms with Gasteiger partial charge in [-0.05, 0) is 151 Å². The number of carbonyl (C=O) groups is 2. The second-order valence-corrected chi connectivity index (χ2v) is 27.8. The summed E-state index contributed by atoms with van der Waals surface area (Å²) in [6.07, 6.45) is 9.45. The van der Waals surface area contributed by atoms with E-state index in [1.807, 2.05) is 88.0 Å². The molecule has 26 nitrogen and oxygen atoms in total. The fourth-order valence-corrected chi connectivity index (χ4v) is 15.5. The Bertz CT molecular complexity index is 5470. The summed E-state index contributed by atoms with van der Waals surface area (Å²) < 4.78 is 34.8. The zero-order chi connectivity index (χ0) is 71.0. The van der Waals surface area contributed by atoms with E-state index < -0.39 is 18.1 Å². The summed E-state index contributed by atoms with van der Waals surface area (Å²) in [5, 5.41) is 39.3. The zero-order valence-electron chi connectivity index (χ0n) is 56.7. The Hall–Kier alpha value is -12.1. The molecule has 16 rings (SSSR count). The topological polar surface area (TPSA) is 324 Å². The Morgan fingerprint density at radius 3 is 1.71 bits per heavy atom. The van der Waals surface area contributed by atoms with Gasteiger partial charge in [-0.2, -0.15) is 15.6 Å². The van der Waals surface area contributed by atoms with Crippen molar-refractivity contribution in [2.45, 2.75) is 52.3 Å². The van der Waals surface area contributed by atoms with Crippen LogP contribution in [0, 0.1) is 22.7 Å². The lowest BCUT2D eigenvalue weighted by molar-refractivity contribution is -0.117. The summed E-state index contributed by atoms with van der Waals surface area (Å²) >= 11 is 2.70. The van der Waals surface area contributed by atoms with E-state index in [1.165, 1.54) is 41.2 Å². The molecule has 10 heterocycles. The highest BCUT2D eigenvalue weighted by Crippen LogP contribution is 2.50. The first kappa shape index (κ1) is 66.5. The fourth-order valence-electron chi connectivity index (χ4n) is 13.3. The second-order valence-electron chi connectivity index (χ2n) is 25.7. The molecule has 4 aliphatic heterocycles. The Kier molecular flexibility index (Phi) is 18.4. The zero-order valence-corrected chi connectivity index (χ0v) is 58.3. The number of H-pyrrole nitrogens is 1. The van der Waals surface area contributed by atoms with Gasteiger partial charge in [0, 0.05) is 118 Å². The first-order valence-corrected chi connectivity index (χ1v) is 35.7. The largest absolute Gasteiger partial charge is 0.454 e. The maximum atomic E-state index is 13.8. The van der Waals surface area contributed by atoms with Crippen LogP contribution in [0.15, 0.2) is 176 Å². The maximum Gasteiger partial charge on any atom is 0.285 e. The minimum absolute atomic E-state index is 0.00591. The smallest absolute Gasteiger partial charge is 0.285 e. The van der Waals surface area contributed by atoms with E-state index in [0.717, 1.165) is 90.5 Å². The van der Waals surface area contributed by atoms with Crippen LogP contribution in [0.5, 0.6) is 23.0 Å². The summed E-state index contributed by atoms with van der Waals surface area (Å²) in [5.41, 5.74) is 21.8. The number of likely N-dealkylation sites (N-methyl/N-ethyl adjacent to an activating group) is 2. The van der Waals surface area contributed by atoms with Crippen molar-refractivity contribution in [3.8, 4) is 57.8 Å². The number of nitrogens with two attached hydrogens (primary N) is 2. The van der Waals surface area contributed by atoms with Crippen LogP contribution >= 0.6 is 23.5 Å². The number of aryl methyl sites for hydroxylation is 2. The van der Waals surface area contributed by atoms with Crippen LogP contribution in [-0.2, 0) is 22.7 Å². The molecule has 1 atom stereocenters. The van der Waals surface area contributed by atoms with Crippen molar-refractivity contribution in [1.29, 1.82) is 10.5 Å². The SMILES string of the molecule is CN1CCN(c2ccc3cc(/C=C(\C#N)C(=O)NCCCn4c(Sc5cc6c(cc5-c5cc[nH]n5)OC(c5cc7c(nc(Sc8cc9c(cc8-c8ncco8)OCO9)n7CCCNC(=O)/C(C#N)=C/c7ccc8cc(N9CCN(C)CC9)ccc8c7)c(N)n5)O6)nc5c(N)nccc54)ccc3c2)CC1. The molecular weight excluding hydrogens is 1360 g/mol. The molecule has 0 saturated carbocycles. The van der Waals surface area contributed by atoms with Gasteiger partial charge in [-0.1, -0.05) is 59.9 Å². The number of carbonyl (C=O) groups excluding carboxylic acids is 2. The number of amides is 2. The molecule has 28 heteroatoms. The predicted octanol–water partition coefficient (Wildman–Crippen LogP) is 10.9. The van der Waals surface area contributed by atoms with E-state index in [-0.39, 0.29) is 42.7 Å². The summed E-state index contributed by atoms with van der Waals surface area (Å²) in [5.74, 6) is 1.65. The molecule has 0 spiro atoms. The van der Waals surface area contributed by atoms with Crippen molar-refractivity contribution in [2.75, 3.05) is 108 Å². The Morgan fingerprint density at radius 2 is 1.13 bits per heavy atom. The number of benzene rings is 6. The lowest BCUT2D eigenvalue weighted by Gasteiger charge is -2.34. The molecule has 12 aromatic rings. The van der Waals surface area contributed by atoms with E-state index in [4.69, 9.17) is 49.8 Å². The number of fused-ring (bicyclic) bond motifs is 6. The maximum absolute atomic E-state index is 13.8. The molecule has 2 amide bonds. The highest BCUT2D eigenvalue weighted by Gasteiger charge is 2.33. The number of aromatic nitrogens is 9. The molecular formula is C76H69N19O7S2. The molecule has 6 aromatic heterocycles. The van der Waals surface area contributed by atoms with Gasteiger partial charge in [-0.15, -0.1) is 0 Å². The van der Waals surface area contributed by atoms with Gasteiger partial charge in [0.2, 0.25) is 12.7 Å². The Balaban J connectivity index is 0.639. The molecule has 522 valence electrons. The number of nitrogen functional groups attached to an aromatic ring is 2. The monoisotopic (exact) mass is 1420 g/mol. The number of nitriles is 2.